The highest BCUT2D eigenvalue weighted by Gasteiger charge is 2.12. The first-order valence-corrected chi connectivity index (χ1v) is 10.2. The Balaban J connectivity index is 1.55. The molecule has 2 N–H and O–H groups in total. The van der Waals surface area contributed by atoms with Gasteiger partial charge in [0.25, 0.3) is 0 Å². The Morgan fingerprint density at radius 3 is 2.92 bits per heavy atom. The molecule has 0 radical (unpaired) electrons. The van der Waals surface area contributed by atoms with E-state index < -0.39 is 0 Å². The topological polar surface area (TPSA) is 83.6 Å². The highest BCUT2D eigenvalue weighted by atomic mass is 32.2. The number of unbranched alkanes of at least 4 members (excludes halogenated alkanes) is 1. The van der Waals surface area contributed by atoms with Gasteiger partial charge in [0.1, 0.15) is 5.52 Å². The lowest BCUT2D eigenvalue weighted by Crippen LogP contribution is -2.30. The maximum atomic E-state index is 12.1. The molecule has 0 unspecified atom stereocenters. The van der Waals surface area contributed by atoms with E-state index in [9.17, 15) is 4.79 Å². The molecule has 138 valence electrons. The van der Waals surface area contributed by atoms with Crippen molar-refractivity contribution in [3.63, 3.8) is 0 Å². The van der Waals surface area contributed by atoms with Crippen LogP contribution in [0.2, 0.25) is 0 Å². The van der Waals surface area contributed by atoms with Crippen LogP contribution in [0, 0.1) is 5.92 Å². The molecule has 1 amide bonds. The minimum atomic E-state index is 0.0188. The summed E-state index contributed by atoms with van der Waals surface area (Å²) in [6.45, 7) is 5.12. The second-order valence-electron chi connectivity index (χ2n) is 6.47. The fraction of sp³-hybridized carbons (Fsp3) is 0.474. The number of nitrogens with zero attached hydrogens (tertiary/aromatic N) is 3. The molecule has 0 saturated carbocycles. The monoisotopic (exact) mass is 371 g/mol. The Morgan fingerprint density at radius 2 is 2.12 bits per heavy atom. The van der Waals surface area contributed by atoms with Crippen molar-refractivity contribution in [3.05, 3.63) is 24.3 Å². The number of aromatic nitrogens is 4. The summed E-state index contributed by atoms with van der Waals surface area (Å²) in [5, 5.41) is 13.0. The Kier molecular flexibility index (Phi) is 6.44. The number of benzene rings is 1. The largest absolute Gasteiger partial charge is 0.355 e. The standard InChI is InChI=1S/C19H25N5OS/c1-3-5-8-13(4-2)11-20-16(25)12-26-19-22-18-17(23-24-19)14-9-6-7-10-15(14)21-18/h6-7,9-10,13H,3-5,8,11-12H2,1-2H3,(H,20,25)(H,21,22,24)/t13-/m0/s1. The Labute approximate surface area is 157 Å². The molecule has 3 rings (SSSR count). The van der Waals surface area contributed by atoms with Crippen molar-refractivity contribution >= 4 is 39.7 Å². The molecule has 0 bridgehead atoms. The molecule has 0 aliphatic rings. The number of nitrogens with one attached hydrogen (secondary N) is 2. The van der Waals surface area contributed by atoms with E-state index >= 15 is 0 Å². The molecule has 0 fully saturated rings. The van der Waals surface area contributed by atoms with Crippen LogP contribution in [0.25, 0.3) is 22.1 Å². The second-order valence-corrected chi connectivity index (χ2v) is 7.41. The molecule has 0 aliphatic carbocycles. The van der Waals surface area contributed by atoms with Crippen LogP contribution in [0.1, 0.15) is 39.5 Å². The normalized spacial score (nSPS) is 12.5. The molecule has 0 aliphatic heterocycles. The van der Waals surface area contributed by atoms with Gasteiger partial charge in [-0.1, -0.05) is 63.1 Å². The number of para-hydroxylation sites is 1. The number of H-pyrrole nitrogens is 1. The highest BCUT2D eigenvalue weighted by Crippen LogP contribution is 2.23. The molecule has 1 aromatic carbocycles. The van der Waals surface area contributed by atoms with Crippen LogP contribution >= 0.6 is 11.8 Å². The number of carbonyl (C=O) groups excluding carboxylic acids is 1. The van der Waals surface area contributed by atoms with E-state index in [1.54, 1.807) is 0 Å². The molecule has 1 atom stereocenters. The summed E-state index contributed by atoms with van der Waals surface area (Å²) >= 11 is 1.31. The number of rotatable bonds is 9. The van der Waals surface area contributed by atoms with Crippen molar-refractivity contribution in [2.24, 2.45) is 5.92 Å². The SMILES string of the molecule is CCCC[C@H](CC)CNC(=O)CSc1nnc2c(n1)[nH]c1ccccc12. The van der Waals surface area contributed by atoms with E-state index in [0.29, 0.717) is 22.5 Å². The minimum Gasteiger partial charge on any atom is -0.355 e. The van der Waals surface area contributed by atoms with E-state index in [1.807, 2.05) is 24.3 Å². The first kappa shape index (κ1) is 18.6. The van der Waals surface area contributed by atoms with Gasteiger partial charge in [-0.15, -0.1) is 10.2 Å². The summed E-state index contributed by atoms with van der Waals surface area (Å²) in [4.78, 5) is 19.8. The average molecular weight is 372 g/mol. The maximum Gasteiger partial charge on any atom is 0.230 e. The number of hydrogen-bond acceptors (Lipinski definition) is 5. The lowest BCUT2D eigenvalue weighted by atomic mass is 9.99. The third-order valence-corrected chi connectivity index (χ3v) is 5.40. The zero-order valence-electron chi connectivity index (χ0n) is 15.3. The van der Waals surface area contributed by atoms with E-state index in [1.165, 1.54) is 31.0 Å². The molecule has 0 saturated heterocycles. The van der Waals surface area contributed by atoms with Crippen LogP contribution in [-0.2, 0) is 4.79 Å². The Morgan fingerprint density at radius 1 is 1.27 bits per heavy atom. The van der Waals surface area contributed by atoms with Crippen LogP contribution in [0.15, 0.2) is 29.4 Å². The first-order chi connectivity index (χ1) is 12.7. The fourth-order valence-electron chi connectivity index (χ4n) is 2.95. The van der Waals surface area contributed by atoms with E-state index in [4.69, 9.17) is 0 Å². The third kappa shape index (κ3) is 4.52. The summed E-state index contributed by atoms with van der Waals surface area (Å²) < 4.78 is 0. The Bertz CT molecular complexity index is 879. The minimum absolute atomic E-state index is 0.0188. The molecule has 7 heteroatoms. The lowest BCUT2D eigenvalue weighted by molar-refractivity contribution is -0.118. The van der Waals surface area contributed by atoms with E-state index in [0.717, 1.165) is 29.4 Å². The molecular formula is C19H25N5OS. The summed E-state index contributed by atoms with van der Waals surface area (Å²) in [6.07, 6.45) is 4.68. The molecule has 26 heavy (non-hydrogen) atoms. The molecule has 3 aromatic rings. The summed E-state index contributed by atoms with van der Waals surface area (Å²) in [6, 6.07) is 7.92. The second kappa shape index (κ2) is 8.98. The van der Waals surface area contributed by atoms with E-state index in [-0.39, 0.29) is 5.91 Å². The zero-order chi connectivity index (χ0) is 18.4. The number of thioether (sulfide) groups is 1. The summed E-state index contributed by atoms with van der Waals surface area (Å²) in [5.74, 6) is 0.882. The van der Waals surface area contributed by atoms with Crippen molar-refractivity contribution in [1.29, 1.82) is 0 Å². The molecular weight excluding hydrogens is 346 g/mol. The summed E-state index contributed by atoms with van der Waals surface area (Å²) in [5.41, 5.74) is 2.45. The van der Waals surface area contributed by atoms with Gasteiger partial charge in [0.2, 0.25) is 11.1 Å². The van der Waals surface area contributed by atoms with Crippen LogP contribution in [0.5, 0.6) is 0 Å². The van der Waals surface area contributed by atoms with Gasteiger partial charge < -0.3 is 10.3 Å². The van der Waals surface area contributed by atoms with Gasteiger partial charge in [-0.25, -0.2) is 4.98 Å². The zero-order valence-corrected chi connectivity index (χ0v) is 16.1. The molecule has 2 aromatic heterocycles. The Hall–Kier alpha value is -2.15. The predicted molar refractivity (Wildman–Crippen MR) is 106 cm³/mol. The van der Waals surface area contributed by atoms with E-state index in [2.05, 4.69) is 39.3 Å². The lowest BCUT2D eigenvalue weighted by Gasteiger charge is -2.14. The molecule has 2 heterocycles. The number of aromatic amines is 1. The molecule has 0 spiro atoms. The van der Waals surface area contributed by atoms with Gasteiger partial charge in [0.15, 0.2) is 5.65 Å². The van der Waals surface area contributed by atoms with Gasteiger partial charge in [0.05, 0.1) is 5.75 Å². The number of carbonyl (C=O) groups is 1. The number of amides is 1. The number of hydrogen-bond donors (Lipinski definition) is 2. The van der Waals surface area contributed by atoms with Crippen molar-refractivity contribution in [3.8, 4) is 0 Å². The van der Waals surface area contributed by atoms with Gasteiger partial charge in [0, 0.05) is 17.4 Å². The first-order valence-electron chi connectivity index (χ1n) is 9.21. The van der Waals surface area contributed by atoms with Gasteiger partial charge in [-0.3, -0.25) is 4.79 Å². The third-order valence-electron chi connectivity index (χ3n) is 4.57. The van der Waals surface area contributed by atoms with Crippen LogP contribution < -0.4 is 5.32 Å². The van der Waals surface area contributed by atoms with Crippen molar-refractivity contribution < 1.29 is 4.79 Å². The average Bonchev–Trinajstić information content (AvgIpc) is 3.04. The van der Waals surface area contributed by atoms with Crippen molar-refractivity contribution in [2.75, 3.05) is 12.3 Å². The smallest absolute Gasteiger partial charge is 0.230 e. The van der Waals surface area contributed by atoms with Crippen molar-refractivity contribution in [2.45, 2.75) is 44.7 Å². The van der Waals surface area contributed by atoms with Crippen LogP contribution in [0.4, 0.5) is 0 Å². The van der Waals surface area contributed by atoms with Gasteiger partial charge >= 0.3 is 0 Å². The number of fused-ring (bicyclic) bond motifs is 3. The quantitative estimate of drug-likeness (QED) is 0.557. The van der Waals surface area contributed by atoms with Crippen LogP contribution in [0.3, 0.4) is 0 Å². The maximum absolute atomic E-state index is 12.1. The van der Waals surface area contributed by atoms with Gasteiger partial charge in [-0.2, -0.15) is 0 Å². The van der Waals surface area contributed by atoms with Crippen LogP contribution in [-0.4, -0.2) is 38.4 Å². The molecule has 6 nitrogen and oxygen atoms in total. The fourth-order valence-corrected chi connectivity index (χ4v) is 3.57. The predicted octanol–water partition coefficient (Wildman–Crippen LogP) is 3.93. The van der Waals surface area contributed by atoms with Crippen molar-refractivity contribution in [1.82, 2.24) is 25.5 Å². The van der Waals surface area contributed by atoms with Gasteiger partial charge in [-0.05, 0) is 18.4 Å². The highest BCUT2D eigenvalue weighted by molar-refractivity contribution is 7.99. The summed E-state index contributed by atoms with van der Waals surface area (Å²) in [7, 11) is 0.